The van der Waals surface area contributed by atoms with E-state index >= 15 is 0 Å². The molecule has 2 aliphatic rings. The van der Waals surface area contributed by atoms with Crippen LogP contribution in [0.25, 0.3) is 0 Å². The summed E-state index contributed by atoms with van der Waals surface area (Å²) in [6.45, 7) is 49.1. The van der Waals surface area contributed by atoms with E-state index in [0.717, 1.165) is 50.3 Å². The fraction of sp³-hybridized carbons (Fsp3) is 0.600. The Balaban J connectivity index is 0.000000507. The molecular formula is C60H88O7. The largest absolute Gasteiger partial charge is 0.507 e. The summed E-state index contributed by atoms with van der Waals surface area (Å²) in [7, 11) is 0. The molecule has 4 aromatic carbocycles. The van der Waals surface area contributed by atoms with E-state index in [1.165, 1.54) is 11.1 Å². The Morgan fingerprint density at radius 3 is 1.34 bits per heavy atom. The molecular weight excluding hydrogens is 833 g/mol. The van der Waals surface area contributed by atoms with E-state index in [9.17, 15) is 15.3 Å². The van der Waals surface area contributed by atoms with E-state index in [2.05, 4.69) is 184 Å². The van der Waals surface area contributed by atoms with E-state index in [0.29, 0.717) is 16.9 Å². The van der Waals surface area contributed by atoms with Gasteiger partial charge >= 0.3 is 0 Å². The molecule has 3 N–H and O–H groups in total. The van der Waals surface area contributed by atoms with Gasteiger partial charge in [0, 0.05) is 27.7 Å². The predicted octanol–water partition coefficient (Wildman–Crippen LogP) is 14.6. The van der Waals surface area contributed by atoms with Crippen molar-refractivity contribution in [3.05, 3.63) is 115 Å². The Kier molecular flexibility index (Phi) is 14.3. The molecule has 1 heterocycles. The second-order valence-electron chi connectivity index (χ2n) is 26.9. The third-order valence-electron chi connectivity index (χ3n) is 13.3. The number of phenolic OH excluding ortho intramolecular Hbond substituents is 2. The second-order valence-corrected chi connectivity index (χ2v) is 26.9. The highest BCUT2D eigenvalue weighted by Crippen LogP contribution is 2.54. The lowest BCUT2D eigenvalue weighted by Crippen LogP contribution is -2.44. The van der Waals surface area contributed by atoms with Crippen LogP contribution in [0.4, 0.5) is 0 Å². The van der Waals surface area contributed by atoms with Gasteiger partial charge in [-0.25, -0.2) is 0 Å². The van der Waals surface area contributed by atoms with E-state index < -0.39 is 11.4 Å². The van der Waals surface area contributed by atoms with Crippen molar-refractivity contribution < 1.29 is 34.3 Å². The van der Waals surface area contributed by atoms with Crippen molar-refractivity contribution >= 4 is 0 Å². The number of aliphatic hydroxyl groups is 1. The maximum atomic E-state index is 12.2. The number of rotatable bonds is 10. The summed E-state index contributed by atoms with van der Waals surface area (Å²) >= 11 is 0. The molecule has 0 saturated carbocycles. The van der Waals surface area contributed by atoms with Crippen LogP contribution >= 0.6 is 0 Å². The first kappa shape index (κ1) is 53.9. The van der Waals surface area contributed by atoms with E-state index in [-0.39, 0.29) is 64.7 Å². The molecule has 0 spiro atoms. The van der Waals surface area contributed by atoms with Gasteiger partial charge in [0.25, 0.3) is 0 Å². The van der Waals surface area contributed by atoms with Gasteiger partial charge in [0.15, 0.2) is 0 Å². The number of benzene rings is 4. The van der Waals surface area contributed by atoms with Gasteiger partial charge in [0.05, 0.1) is 13.2 Å². The fourth-order valence-electron chi connectivity index (χ4n) is 9.17. The van der Waals surface area contributed by atoms with Crippen molar-refractivity contribution in [3.8, 4) is 23.0 Å². The normalized spacial score (nSPS) is 16.4. The minimum atomic E-state index is -1.84. The van der Waals surface area contributed by atoms with E-state index in [1.54, 1.807) is 11.1 Å². The molecule has 67 heavy (non-hydrogen) atoms. The third kappa shape index (κ3) is 12.1. The topological polar surface area (TPSA) is 97.6 Å². The predicted molar refractivity (Wildman–Crippen MR) is 277 cm³/mol. The Labute approximate surface area is 406 Å². The maximum Gasteiger partial charge on any atom is 0.225 e. The zero-order chi connectivity index (χ0) is 51.1. The molecule has 4 aromatic rings. The fourth-order valence-corrected chi connectivity index (χ4v) is 9.17. The molecule has 0 bridgehead atoms. The Morgan fingerprint density at radius 1 is 0.493 bits per heavy atom. The van der Waals surface area contributed by atoms with Crippen molar-refractivity contribution in [2.24, 2.45) is 0 Å². The summed E-state index contributed by atoms with van der Waals surface area (Å²) in [6.07, 6.45) is 0. The summed E-state index contributed by atoms with van der Waals surface area (Å²) in [5.41, 5.74) is 12.1. The number of hydrogen-bond acceptors (Lipinski definition) is 7. The summed E-state index contributed by atoms with van der Waals surface area (Å²) in [5, 5.41) is 34.8. The van der Waals surface area contributed by atoms with Crippen LogP contribution in [0.2, 0.25) is 0 Å². The average molecular weight is 921 g/mol. The van der Waals surface area contributed by atoms with Gasteiger partial charge in [-0.15, -0.1) is 0 Å². The first-order valence-corrected chi connectivity index (χ1v) is 24.4. The number of phenols is 2. The molecule has 1 atom stereocenters. The molecule has 0 aromatic heterocycles. The van der Waals surface area contributed by atoms with E-state index in [4.69, 9.17) is 18.9 Å². The van der Waals surface area contributed by atoms with Crippen LogP contribution in [0.5, 0.6) is 23.0 Å². The first-order valence-electron chi connectivity index (χ1n) is 24.4. The SMILES string of the molecule is CC(C)(C)c1cc(COCC(O)(COc2cc(C(C)(C)C)c(O)c(C(C)(C)C)c2)OCc2cc(C(C)(C)C)c3c(c2)C(C)(C)O3)cc(C(C)(C)C)c1O.Cc1cc(C(C)(C)C)c2c(c1)C2(C)C. The summed E-state index contributed by atoms with van der Waals surface area (Å²) in [5.74, 6) is 0.171. The van der Waals surface area contributed by atoms with Crippen LogP contribution in [-0.4, -0.2) is 34.3 Å². The number of aromatic hydroxyl groups is 2. The lowest BCUT2D eigenvalue weighted by Gasteiger charge is -2.42. The van der Waals surface area contributed by atoms with Crippen molar-refractivity contribution in [1.82, 2.24) is 0 Å². The molecule has 7 nitrogen and oxygen atoms in total. The third-order valence-corrected chi connectivity index (χ3v) is 13.3. The number of ether oxygens (including phenoxy) is 4. The molecule has 370 valence electrons. The monoisotopic (exact) mass is 921 g/mol. The molecule has 1 aliphatic heterocycles. The van der Waals surface area contributed by atoms with Crippen molar-refractivity contribution in [2.75, 3.05) is 13.2 Å². The standard InChI is InChI=1S/C46H68O7.C14H20/c1-40(2,3)31-18-28(19-32(37(31)47)41(4,5)6)24-50-26-46(49,27-51-30-22-33(42(7,8)9)38(48)34(23-30)43(10,11)12)52-25-29-20-35(44(13,14)15)39-36(21-29)45(16,17)53-39;1-9-7-10(13(2,3)4)12-11(8-9)14(12,5)6/h18-23,47-49H,24-27H2,1-17H3;7-8H,1-6H3. The zero-order valence-electron chi connectivity index (χ0n) is 45.9. The minimum absolute atomic E-state index is 0.118. The van der Waals surface area contributed by atoms with Crippen LogP contribution in [0.1, 0.15) is 219 Å². The Morgan fingerprint density at radius 2 is 0.910 bits per heavy atom. The summed E-state index contributed by atoms with van der Waals surface area (Å²) in [6, 6.07) is 16.5. The molecule has 1 unspecified atom stereocenters. The molecule has 0 fully saturated rings. The summed E-state index contributed by atoms with van der Waals surface area (Å²) in [4.78, 5) is 0. The number of hydrogen-bond donors (Lipinski definition) is 3. The lowest BCUT2D eigenvalue weighted by molar-refractivity contribution is -0.253. The quantitative estimate of drug-likeness (QED) is 0.136. The first-order chi connectivity index (χ1) is 30.1. The maximum absolute atomic E-state index is 12.2. The molecule has 7 heteroatoms. The minimum Gasteiger partial charge on any atom is -0.507 e. The van der Waals surface area contributed by atoms with Gasteiger partial charge in [-0.2, -0.15) is 0 Å². The van der Waals surface area contributed by atoms with Gasteiger partial charge < -0.3 is 34.3 Å². The van der Waals surface area contributed by atoms with E-state index in [1.807, 2.05) is 24.3 Å². The molecule has 0 saturated heterocycles. The second kappa shape index (κ2) is 17.7. The highest BCUT2D eigenvalue weighted by molar-refractivity contribution is 5.65. The van der Waals surface area contributed by atoms with Crippen molar-refractivity contribution in [2.45, 2.75) is 222 Å². The van der Waals surface area contributed by atoms with Gasteiger partial charge in [-0.05, 0) is 129 Å². The smallest absolute Gasteiger partial charge is 0.225 e. The molecule has 0 amide bonds. The van der Waals surface area contributed by atoms with Crippen LogP contribution in [0.3, 0.4) is 0 Å². The lowest BCUT2D eigenvalue weighted by atomic mass is 9.78. The Hall–Kier alpha value is -4.04. The van der Waals surface area contributed by atoms with Crippen LogP contribution in [0.15, 0.2) is 48.5 Å². The van der Waals surface area contributed by atoms with Gasteiger partial charge in [-0.3, -0.25) is 0 Å². The number of fused-ring (bicyclic) bond motifs is 2. The summed E-state index contributed by atoms with van der Waals surface area (Å²) < 4.78 is 25.2. The van der Waals surface area contributed by atoms with Crippen LogP contribution < -0.4 is 9.47 Å². The molecule has 0 radical (unpaired) electrons. The molecule has 1 aliphatic carbocycles. The van der Waals surface area contributed by atoms with Gasteiger partial charge in [-0.1, -0.05) is 156 Å². The van der Waals surface area contributed by atoms with Gasteiger partial charge in [0.2, 0.25) is 5.79 Å². The van der Waals surface area contributed by atoms with Gasteiger partial charge in [0.1, 0.15) is 41.8 Å². The van der Waals surface area contributed by atoms with Crippen molar-refractivity contribution in [3.63, 3.8) is 0 Å². The van der Waals surface area contributed by atoms with Crippen LogP contribution in [0, 0.1) is 6.92 Å². The highest BCUT2D eigenvalue weighted by atomic mass is 16.7. The Bertz CT molecular complexity index is 2390. The zero-order valence-corrected chi connectivity index (χ0v) is 45.9. The van der Waals surface area contributed by atoms with Crippen LogP contribution in [-0.2, 0) is 66.2 Å². The molecule has 6 rings (SSSR count). The number of aryl methyl sites for hydroxylation is 1. The highest BCUT2D eigenvalue weighted by Gasteiger charge is 2.46. The average Bonchev–Trinajstić information content (AvgIpc) is 3.69. The van der Waals surface area contributed by atoms with Crippen molar-refractivity contribution in [1.29, 1.82) is 0 Å².